The first-order chi connectivity index (χ1) is 9.95. The molecule has 1 unspecified atom stereocenters. The molecule has 0 radical (unpaired) electrons. The number of benzene rings is 1. The van der Waals surface area contributed by atoms with Gasteiger partial charge in [-0.15, -0.1) is 0 Å². The normalized spacial score (nSPS) is 12.3. The molecule has 0 saturated heterocycles. The van der Waals surface area contributed by atoms with Gasteiger partial charge in [0.25, 0.3) is 0 Å². The third-order valence-electron chi connectivity index (χ3n) is 2.82. The number of esters is 1. The summed E-state index contributed by atoms with van der Waals surface area (Å²) in [6, 6.07) is 5.78. The van der Waals surface area contributed by atoms with Gasteiger partial charge < -0.3 is 29.8 Å². The van der Waals surface area contributed by atoms with Crippen LogP contribution in [0.25, 0.3) is 0 Å². The number of carbonyl (C=O) groups excluding carboxylic acids is 2. The minimum Gasteiger partial charge on any atom is -0.652 e. The van der Waals surface area contributed by atoms with Gasteiger partial charge in [-0.25, -0.2) is 0 Å². The first-order valence-corrected chi connectivity index (χ1v) is 6.51. The summed E-state index contributed by atoms with van der Waals surface area (Å²) in [6.07, 6.45) is -2.33. The molecule has 0 aliphatic carbocycles. The monoisotopic (exact) mass is 373 g/mol. The first kappa shape index (κ1) is 26.1. The van der Waals surface area contributed by atoms with Crippen molar-refractivity contribution in [3.8, 4) is 5.75 Å². The Balaban J connectivity index is 0. The molecule has 1 aromatic carbocycles. The van der Waals surface area contributed by atoms with Gasteiger partial charge in [0.05, 0.1) is 18.2 Å². The maximum Gasteiger partial charge on any atom is 1.00 e. The number of nitrogens with one attached hydrogen (secondary N) is 1. The molecule has 1 aliphatic rings. The number of carboxylic acid groups (broad SMARTS) is 2. The van der Waals surface area contributed by atoms with Crippen molar-refractivity contribution in [3.63, 3.8) is 0 Å². The van der Waals surface area contributed by atoms with Crippen molar-refractivity contribution in [3.05, 3.63) is 23.8 Å². The summed E-state index contributed by atoms with van der Waals surface area (Å²) >= 11 is 0. The van der Waals surface area contributed by atoms with Crippen molar-refractivity contribution in [1.29, 1.82) is 0 Å². The van der Waals surface area contributed by atoms with E-state index >= 15 is 0 Å². The van der Waals surface area contributed by atoms with Gasteiger partial charge in [-0.3, -0.25) is 4.79 Å². The van der Waals surface area contributed by atoms with Crippen LogP contribution >= 0.6 is 0 Å². The third kappa shape index (κ3) is 9.78. The fraction of sp³-hybridized carbons (Fsp3) is 0.429. The van der Waals surface area contributed by atoms with Crippen molar-refractivity contribution in [2.24, 2.45) is 0 Å². The SMILES string of the molecule is CCOC(=O)C(C)c1ccc2c(c1)OCCN2.O=C([O-])[O-].[K+].[K+]. The molecule has 7 nitrogen and oxygen atoms in total. The van der Waals surface area contributed by atoms with E-state index in [0.717, 1.165) is 23.5 Å². The molecule has 1 heterocycles. The molecule has 9 heteroatoms. The number of hydrogen-bond acceptors (Lipinski definition) is 7. The summed E-state index contributed by atoms with van der Waals surface area (Å²) in [5.74, 6) is 0.354. The number of carbonyl (C=O) groups is 2. The van der Waals surface area contributed by atoms with Crippen molar-refractivity contribution in [2.45, 2.75) is 19.8 Å². The second-order valence-electron chi connectivity index (χ2n) is 4.25. The fourth-order valence-corrected chi connectivity index (χ4v) is 1.82. The average molecular weight is 373 g/mol. The second-order valence-corrected chi connectivity index (χ2v) is 4.25. The minimum atomic E-state index is -2.33. The van der Waals surface area contributed by atoms with Crippen LogP contribution in [0.1, 0.15) is 25.3 Å². The smallest absolute Gasteiger partial charge is 0.652 e. The molecule has 116 valence electrons. The van der Waals surface area contributed by atoms with E-state index in [1.165, 1.54) is 0 Å². The van der Waals surface area contributed by atoms with Crippen molar-refractivity contribution in [1.82, 2.24) is 0 Å². The van der Waals surface area contributed by atoms with E-state index in [1.54, 1.807) is 0 Å². The van der Waals surface area contributed by atoms with Crippen LogP contribution < -0.4 is 123 Å². The number of anilines is 1. The van der Waals surface area contributed by atoms with E-state index in [4.69, 9.17) is 24.5 Å². The summed E-state index contributed by atoms with van der Waals surface area (Å²) < 4.78 is 10.5. The van der Waals surface area contributed by atoms with Gasteiger partial charge in [-0.05, 0) is 37.7 Å². The van der Waals surface area contributed by atoms with Gasteiger partial charge in [-0.1, -0.05) is 6.07 Å². The summed E-state index contributed by atoms with van der Waals surface area (Å²) in [4.78, 5) is 20.0. The predicted octanol–water partition coefficient (Wildman–Crippen LogP) is -6.28. The summed E-state index contributed by atoms with van der Waals surface area (Å²) in [5, 5.41) is 19.9. The van der Waals surface area contributed by atoms with E-state index < -0.39 is 6.16 Å². The number of rotatable bonds is 3. The van der Waals surface area contributed by atoms with Crippen molar-refractivity contribution in [2.75, 3.05) is 25.1 Å². The van der Waals surface area contributed by atoms with Gasteiger partial charge in [-0.2, -0.15) is 0 Å². The Morgan fingerprint density at radius 3 is 2.52 bits per heavy atom. The van der Waals surface area contributed by atoms with Crippen LogP contribution in [-0.2, 0) is 9.53 Å². The molecule has 0 aromatic heterocycles. The van der Waals surface area contributed by atoms with Gasteiger partial charge in [0.2, 0.25) is 0 Å². The van der Waals surface area contributed by atoms with E-state index in [2.05, 4.69) is 5.32 Å². The maximum absolute atomic E-state index is 11.6. The van der Waals surface area contributed by atoms with Gasteiger partial charge >= 0.3 is 109 Å². The van der Waals surface area contributed by atoms with E-state index in [0.29, 0.717) is 13.2 Å². The average Bonchev–Trinajstić information content (AvgIpc) is 2.45. The molecule has 0 fully saturated rings. The molecule has 2 rings (SSSR count). The summed E-state index contributed by atoms with van der Waals surface area (Å²) in [5.41, 5.74) is 1.90. The molecule has 0 amide bonds. The zero-order valence-corrected chi connectivity index (χ0v) is 20.1. The molecule has 0 spiro atoms. The van der Waals surface area contributed by atoms with Crippen LogP contribution in [0.4, 0.5) is 10.5 Å². The minimum absolute atomic E-state index is 0. The quantitative estimate of drug-likeness (QED) is 0.414. The van der Waals surface area contributed by atoms with E-state index in [9.17, 15) is 4.79 Å². The molecule has 0 bridgehead atoms. The van der Waals surface area contributed by atoms with E-state index in [1.807, 2.05) is 32.0 Å². The van der Waals surface area contributed by atoms with Crippen LogP contribution in [0, 0.1) is 0 Å². The second kappa shape index (κ2) is 14.0. The Hall–Kier alpha value is 0.833. The summed E-state index contributed by atoms with van der Waals surface area (Å²) in [6.45, 7) is 5.54. The Bertz CT molecular complexity index is 508. The zero-order valence-electron chi connectivity index (χ0n) is 13.9. The fourth-order valence-electron chi connectivity index (χ4n) is 1.82. The maximum atomic E-state index is 11.6. The molecule has 1 aliphatic heterocycles. The third-order valence-corrected chi connectivity index (χ3v) is 2.82. The topological polar surface area (TPSA) is 111 Å². The Morgan fingerprint density at radius 2 is 1.96 bits per heavy atom. The van der Waals surface area contributed by atoms with Gasteiger partial charge in [0, 0.05) is 6.54 Å². The Labute approximate surface area is 220 Å². The van der Waals surface area contributed by atoms with Crippen LogP contribution in [0.3, 0.4) is 0 Å². The van der Waals surface area contributed by atoms with Crippen molar-refractivity contribution < 1.29 is 132 Å². The molecule has 23 heavy (non-hydrogen) atoms. The largest absolute Gasteiger partial charge is 1.00 e. The molecular weight excluding hydrogens is 356 g/mol. The standard InChI is InChI=1S/C13H17NO3.CH2O3.2K/c1-3-16-13(15)9(2)10-4-5-11-12(8-10)17-7-6-14-11;2-1(3)4;;/h4-5,8-9,14H,3,6-7H2,1-2H3;(H2,2,3,4);;/q;;2*+1/p-2. The molecule has 1 aromatic rings. The van der Waals surface area contributed by atoms with Crippen LogP contribution in [0.2, 0.25) is 0 Å². The zero-order chi connectivity index (χ0) is 15.8. The molecule has 1 atom stereocenters. The van der Waals surface area contributed by atoms with Gasteiger partial charge in [0.1, 0.15) is 12.4 Å². The number of hydrogen-bond donors (Lipinski definition) is 1. The number of fused-ring (bicyclic) bond motifs is 1. The van der Waals surface area contributed by atoms with Crippen LogP contribution in [-0.4, -0.2) is 31.9 Å². The van der Waals surface area contributed by atoms with Crippen LogP contribution in [0.5, 0.6) is 5.75 Å². The first-order valence-electron chi connectivity index (χ1n) is 6.51. The van der Waals surface area contributed by atoms with Crippen LogP contribution in [0.15, 0.2) is 18.2 Å². The number of ether oxygens (including phenoxy) is 2. The summed E-state index contributed by atoms with van der Waals surface area (Å²) in [7, 11) is 0. The van der Waals surface area contributed by atoms with E-state index in [-0.39, 0.29) is 115 Å². The van der Waals surface area contributed by atoms with Crippen molar-refractivity contribution >= 4 is 17.8 Å². The Kier molecular flexibility index (Phi) is 15.9. The molecule has 1 N–H and O–H groups in total. The predicted molar refractivity (Wildman–Crippen MR) is 70.9 cm³/mol. The van der Waals surface area contributed by atoms with Gasteiger partial charge in [0.15, 0.2) is 0 Å². The Morgan fingerprint density at radius 1 is 1.35 bits per heavy atom. The molecule has 0 saturated carbocycles. The molecular formula is C14H17K2NO6.